The minimum Gasteiger partial charge on any atom is -0.309 e. The van der Waals surface area contributed by atoms with Crippen molar-refractivity contribution in [3.8, 4) is 27.9 Å². The molecule has 8 rings (SSSR count). The molecular formula is C41H29N. The molecule has 8 aromatic rings. The predicted molar refractivity (Wildman–Crippen MR) is 181 cm³/mol. The molecule has 0 radical (unpaired) electrons. The highest BCUT2D eigenvalue weighted by molar-refractivity contribution is 6.22. The Morgan fingerprint density at radius 3 is 1.60 bits per heavy atom. The van der Waals surface area contributed by atoms with E-state index in [-0.39, 0.29) is 0 Å². The van der Waals surface area contributed by atoms with E-state index in [1.165, 1.54) is 82.4 Å². The highest BCUT2D eigenvalue weighted by atomic mass is 15.0. The third kappa shape index (κ3) is 3.64. The van der Waals surface area contributed by atoms with Gasteiger partial charge in [0.15, 0.2) is 0 Å². The Hall–Kier alpha value is -5.40. The zero-order valence-corrected chi connectivity index (χ0v) is 23.5. The number of rotatable bonds is 4. The summed E-state index contributed by atoms with van der Waals surface area (Å²) in [4.78, 5) is 0. The molecule has 0 bridgehead atoms. The molecule has 0 saturated carbocycles. The van der Waals surface area contributed by atoms with Gasteiger partial charge in [-0.25, -0.2) is 0 Å². The molecule has 1 heterocycles. The highest BCUT2D eigenvalue weighted by Gasteiger charge is 2.19. The van der Waals surface area contributed by atoms with Crippen molar-refractivity contribution in [3.63, 3.8) is 0 Å². The van der Waals surface area contributed by atoms with Crippen LogP contribution in [0.5, 0.6) is 0 Å². The van der Waals surface area contributed by atoms with Crippen LogP contribution in [0.1, 0.15) is 11.1 Å². The van der Waals surface area contributed by atoms with Crippen LogP contribution in [0.3, 0.4) is 0 Å². The van der Waals surface area contributed by atoms with Crippen LogP contribution in [0.15, 0.2) is 146 Å². The van der Waals surface area contributed by atoms with E-state index in [1.54, 1.807) is 0 Å². The Balaban J connectivity index is 1.46. The summed E-state index contributed by atoms with van der Waals surface area (Å²) in [6.45, 7) is 6.21. The van der Waals surface area contributed by atoms with Crippen LogP contribution in [0.4, 0.5) is 0 Å². The Morgan fingerprint density at radius 2 is 0.976 bits per heavy atom. The standard InChI is InChI=1S/C41H29N/c1-3-28-25-29(22-21-27(28)2)40-33-16-7-9-18-35(33)41(36-19-10-8-17-34(36)40)30-23-24-39-37(26-30)32-15-11-12-20-38(32)42(39)31-13-5-4-6-14-31/h3-26H,1H2,2H3. The summed E-state index contributed by atoms with van der Waals surface area (Å²) in [5, 5.41) is 7.57. The molecule has 0 spiro atoms. The summed E-state index contributed by atoms with van der Waals surface area (Å²) in [6, 6.07) is 50.9. The minimum absolute atomic E-state index is 1.17. The average Bonchev–Trinajstić information content (AvgIpc) is 3.38. The van der Waals surface area contributed by atoms with Crippen LogP contribution in [0.25, 0.3) is 77.4 Å². The van der Waals surface area contributed by atoms with E-state index in [0.717, 1.165) is 0 Å². The first-order valence-corrected chi connectivity index (χ1v) is 14.5. The van der Waals surface area contributed by atoms with Gasteiger partial charge in [-0.3, -0.25) is 0 Å². The van der Waals surface area contributed by atoms with Crippen molar-refractivity contribution in [2.75, 3.05) is 0 Å². The van der Waals surface area contributed by atoms with Crippen molar-refractivity contribution < 1.29 is 0 Å². The van der Waals surface area contributed by atoms with Gasteiger partial charge < -0.3 is 4.57 Å². The van der Waals surface area contributed by atoms with Gasteiger partial charge in [0.1, 0.15) is 0 Å². The molecular weight excluding hydrogens is 506 g/mol. The third-order valence-electron chi connectivity index (χ3n) is 8.69. The van der Waals surface area contributed by atoms with Crippen molar-refractivity contribution in [1.29, 1.82) is 0 Å². The van der Waals surface area contributed by atoms with Gasteiger partial charge in [-0.05, 0) is 98.2 Å². The first-order valence-electron chi connectivity index (χ1n) is 14.5. The lowest BCUT2D eigenvalue weighted by Crippen LogP contribution is -1.93. The maximum atomic E-state index is 4.07. The second-order valence-electron chi connectivity index (χ2n) is 11.0. The number of aromatic nitrogens is 1. The van der Waals surface area contributed by atoms with Gasteiger partial charge in [0.25, 0.3) is 0 Å². The molecule has 0 aliphatic heterocycles. The highest BCUT2D eigenvalue weighted by Crippen LogP contribution is 2.45. The van der Waals surface area contributed by atoms with Gasteiger partial charge in [-0.15, -0.1) is 0 Å². The lowest BCUT2D eigenvalue weighted by Gasteiger charge is -2.18. The van der Waals surface area contributed by atoms with Gasteiger partial charge in [-0.2, -0.15) is 0 Å². The summed E-state index contributed by atoms with van der Waals surface area (Å²) in [7, 11) is 0. The molecule has 1 heteroatoms. The largest absolute Gasteiger partial charge is 0.309 e. The molecule has 0 fully saturated rings. The zero-order valence-electron chi connectivity index (χ0n) is 23.5. The van der Waals surface area contributed by atoms with Gasteiger partial charge in [0.05, 0.1) is 11.0 Å². The van der Waals surface area contributed by atoms with Crippen LogP contribution in [0.2, 0.25) is 0 Å². The summed E-state index contributed by atoms with van der Waals surface area (Å²) >= 11 is 0. The number of hydrogen-bond donors (Lipinski definition) is 0. The van der Waals surface area contributed by atoms with E-state index >= 15 is 0 Å². The maximum Gasteiger partial charge on any atom is 0.0541 e. The quantitative estimate of drug-likeness (QED) is 0.198. The Labute approximate surface area is 245 Å². The van der Waals surface area contributed by atoms with Gasteiger partial charge in [0, 0.05) is 16.5 Å². The third-order valence-corrected chi connectivity index (χ3v) is 8.69. The normalized spacial score (nSPS) is 11.5. The van der Waals surface area contributed by atoms with E-state index in [2.05, 4.69) is 158 Å². The van der Waals surface area contributed by atoms with Crippen molar-refractivity contribution in [2.45, 2.75) is 6.92 Å². The van der Waals surface area contributed by atoms with Gasteiger partial charge in [0.2, 0.25) is 0 Å². The molecule has 1 aromatic heterocycles. The number of para-hydroxylation sites is 2. The van der Waals surface area contributed by atoms with Crippen molar-refractivity contribution in [2.24, 2.45) is 0 Å². The van der Waals surface area contributed by atoms with Crippen molar-refractivity contribution >= 4 is 49.4 Å². The number of aryl methyl sites for hydroxylation is 1. The summed E-state index contributed by atoms with van der Waals surface area (Å²) in [5.74, 6) is 0. The molecule has 0 saturated heterocycles. The number of hydrogen-bond acceptors (Lipinski definition) is 0. The lowest BCUT2D eigenvalue weighted by atomic mass is 9.85. The van der Waals surface area contributed by atoms with Crippen LogP contribution < -0.4 is 0 Å². The van der Waals surface area contributed by atoms with Crippen LogP contribution in [-0.4, -0.2) is 4.57 Å². The Kier molecular flexibility index (Phi) is 5.58. The molecule has 0 unspecified atom stereocenters. The molecule has 0 amide bonds. The van der Waals surface area contributed by atoms with Gasteiger partial charge in [-0.1, -0.05) is 116 Å². The second-order valence-corrected chi connectivity index (χ2v) is 11.0. The summed E-state index contributed by atoms with van der Waals surface area (Å²) < 4.78 is 2.38. The SMILES string of the molecule is C=Cc1cc(-c2c3ccccc3c(-c3ccc4c(c3)c3ccccc3n4-c3ccccc3)c3ccccc23)ccc1C. The number of fused-ring (bicyclic) bond motifs is 5. The first-order chi connectivity index (χ1) is 20.7. The number of nitrogens with zero attached hydrogens (tertiary/aromatic N) is 1. The second kappa shape index (κ2) is 9.61. The fourth-order valence-corrected chi connectivity index (χ4v) is 6.75. The molecule has 0 N–H and O–H groups in total. The zero-order chi connectivity index (χ0) is 28.2. The van der Waals surface area contributed by atoms with E-state index in [1.807, 2.05) is 6.08 Å². The van der Waals surface area contributed by atoms with E-state index < -0.39 is 0 Å². The van der Waals surface area contributed by atoms with E-state index in [4.69, 9.17) is 0 Å². The molecule has 0 aliphatic carbocycles. The molecule has 1 nitrogen and oxygen atoms in total. The summed E-state index contributed by atoms with van der Waals surface area (Å²) in [6.07, 6.45) is 1.96. The monoisotopic (exact) mass is 535 g/mol. The topological polar surface area (TPSA) is 4.93 Å². The van der Waals surface area contributed by atoms with Crippen LogP contribution in [0, 0.1) is 6.92 Å². The Bertz CT molecular complexity index is 2260. The average molecular weight is 536 g/mol. The lowest BCUT2D eigenvalue weighted by molar-refractivity contribution is 1.18. The summed E-state index contributed by atoms with van der Waals surface area (Å²) in [5.41, 5.74) is 11.0. The minimum atomic E-state index is 1.17. The smallest absolute Gasteiger partial charge is 0.0541 e. The molecule has 198 valence electrons. The molecule has 7 aromatic carbocycles. The first kappa shape index (κ1) is 24.4. The molecule has 0 aliphatic rings. The molecule has 42 heavy (non-hydrogen) atoms. The molecule has 0 atom stereocenters. The van der Waals surface area contributed by atoms with Crippen LogP contribution in [-0.2, 0) is 0 Å². The maximum absolute atomic E-state index is 4.07. The van der Waals surface area contributed by atoms with Crippen molar-refractivity contribution in [1.82, 2.24) is 4.57 Å². The Morgan fingerprint density at radius 1 is 0.476 bits per heavy atom. The van der Waals surface area contributed by atoms with Crippen molar-refractivity contribution in [3.05, 3.63) is 157 Å². The van der Waals surface area contributed by atoms with Crippen LogP contribution >= 0.6 is 0 Å². The van der Waals surface area contributed by atoms with Gasteiger partial charge >= 0.3 is 0 Å². The predicted octanol–water partition coefficient (Wildman–Crippen LogP) is 11.4. The number of benzene rings is 7. The van der Waals surface area contributed by atoms with E-state index in [9.17, 15) is 0 Å². The van der Waals surface area contributed by atoms with E-state index in [0.29, 0.717) is 0 Å². The fraction of sp³-hybridized carbons (Fsp3) is 0.0244. The fourth-order valence-electron chi connectivity index (χ4n) is 6.75.